The third-order valence-electron chi connectivity index (χ3n) is 2.53. The summed E-state index contributed by atoms with van der Waals surface area (Å²) in [5.74, 6) is 1.39. The lowest BCUT2D eigenvalue weighted by Crippen LogP contribution is -2.00. The van der Waals surface area contributed by atoms with Crippen LogP contribution in [0.5, 0.6) is 11.5 Å². The van der Waals surface area contributed by atoms with E-state index in [-0.39, 0.29) is 6.79 Å². The molecule has 1 aliphatic heterocycles. The van der Waals surface area contributed by atoms with Crippen molar-refractivity contribution < 1.29 is 14.6 Å². The van der Waals surface area contributed by atoms with Gasteiger partial charge >= 0.3 is 0 Å². The molecule has 1 heterocycles. The largest absolute Gasteiger partial charge is 0.454 e. The van der Waals surface area contributed by atoms with Gasteiger partial charge in [0.05, 0.1) is 11.1 Å². The first-order valence-electron chi connectivity index (χ1n) is 4.94. The molecule has 1 aromatic carbocycles. The van der Waals surface area contributed by atoms with Crippen LogP contribution in [-0.4, -0.2) is 11.9 Å². The molecule has 0 aliphatic carbocycles. The van der Waals surface area contributed by atoms with Crippen LogP contribution in [0.1, 0.15) is 31.1 Å². The fourth-order valence-corrected chi connectivity index (χ4v) is 2.26. The number of hydrogen-bond donors (Lipinski definition) is 1. The normalized spacial score (nSPS) is 15.5. The number of hydrogen-bond acceptors (Lipinski definition) is 3. The van der Waals surface area contributed by atoms with E-state index < -0.39 is 6.10 Å². The molecule has 0 fully saturated rings. The zero-order valence-electron chi connectivity index (χ0n) is 8.71. The third kappa shape index (κ3) is 1.66. The highest BCUT2D eigenvalue weighted by Crippen LogP contribution is 2.43. The highest BCUT2D eigenvalue weighted by molar-refractivity contribution is 6.31. The van der Waals surface area contributed by atoms with Gasteiger partial charge in [-0.05, 0) is 13.3 Å². The first kappa shape index (κ1) is 10.6. The summed E-state index contributed by atoms with van der Waals surface area (Å²) < 4.78 is 10.6. The maximum Gasteiger partial charge on any atom is 0.231 e. The Labute approximate surface area is 93.6 Å². The summed E-state index contributed by atoms with van der Waals surface area (Å²) in [6.45, 7) is 3.92. The quantitative estimate of drug-likeness (QED) is 0.846. The maximum absolute atomic E-state index is 9.67. The lowest BCUT2D eigenvalue weighted by atomic mass is 9.99. The molecule has 15 heavy (non-hydrogen) atoms. The lowest BCUT2D eigenvalue weighted by Gasteiger charge is -2.15. The minimum absolute atomic E-state index is 0.224. The van der Waals surface area contributed by atoms with Crippen LogP contribution in [0.15, 0.2) is 6.07 Å². The summed E-state index contributed by atoms with van der Waals surface area (Å²) in [6, 6.07) is 1.70. The van der Waals surface area contributed by atoms with E-state index in [0.29, 0.717) is 10.8 Å². The molecular formula is C11H13ClO3. The molecule has 82 valence electrons. The smallest absolute Gasteiger partial charge is 0.231 e. The summed E-state index contributed by atoms with van der Waals surface area (Å²) in [6.07, 6.45) is 0.161. The molecule has 1 aliphatic rings. The van der Waals surface area contributed by atoms with Gasteiger partial charge in [0.1, 0.15) is 0 Å². The molecule has 0 bridgehead atoms. The Morgan fingerprint density at radius 1 is 1.53 bits per heavy atom. The van der Waals surface area contributed by atoms with Crippen molar-refractivity contribution >= 4 is 11.6 Å². The molecule has 0 amide bonds. The van der Waals surface area contributed by atoms with E-state index >= 15 is 0 Å². The molecule has 1 N–H and O–H groups in total. The highest BCUT2D eigenvalue weighted by Gasteiger charge is 2.24. The van der Waals surface area contributed by atoms with Gasteiger partial charge in [0.15, 0.2) is 11.5 Å². The molecule has 0 saturated heterocycles. The number of ether oxygens (including phenoxy) is 2. The van der Waals surface area contributed by atoms with Crippen molar-refractivity contribution in [2.24, 2.45) is 0 Å². The number of aliphatic hydroxyl groups excluding tert-OH is 1. The van der Waals surface area contributed by atoms with Gasteiger partial charge < -0.3 is 14.6 Å². The molecule has 0 aromatic heterocycles. The van der Waals surface area contributed by atoms with Crippen molar-refractivity contribution in [3.05, 3.63) is 22.2 Å². The van der Waals surface area contributed by atoms with E-state index in [1.807, 2.05) is 6.92 Å². The van der Waals surface area contributed by atoms with Gasteiger partial charge in [0.2, 0.25) is 6.79 Å². The van der Waals surface area contributed by atoms with Crippen LogP contribution >= 0.6 is 11.6 Å². The van der Waals surface area contributed by atoms with Gasteiger partial charge in [-0.25, -0.2) is 0 Å². The molecule has 1 aromatic rings. The average molecular weight is 229 g/mol. The zero-order chi connectivity index (χ0) is 11.0. The summed E-state index contributed by atoms with van der Waals surface area (Å²) in [5, 5.41) is 10.2. The van der Waals surface area contributed by atoms with Crippen LogP contribution in [0.2, 0.25) is 5.02 Å². The summed E-state index contributed by atoms with van der Waals surface area (Å²) in [5.41, 5.74) is 1.67. The summed E-state index contributed by atoms with van der Waals surface area (Å²) in [7, 11) is 0. The number of rotatable bonds is 2. The van der Waals surface area contributed by atoms with Crippen LogP contribution in [-0.2, 0) is 6.42 Å². The van der Waals surface area contributed by atoms with Gasteiger partial charge in [-0.3, -0.25) is 0 Å². The number of fused-ring (bicyclic) bond motifs is 1. The molecule has 0 saturated carbocycles. The van der Waals surface area contributed by atoms with Crippen LogP contribution in [0.3, 0.4) is 0 Å². The predicted molar refractivity (Wildman–Crippen MR) is 57.6 cm³/mol. The van der Waals surface area contributed by atoms with E-state index in [2.05, 4.69) is 0 Å². The highest BCUT2D eigenvalue weighted by atomic mass is 35.5. The Morgan fingerprint density at radius 3 is 2.87 bits per heavy atom. The zero-order valence-corrected chi connectivity index (χ0v) is 9.47. The van der Waals surface area contributed by atoms with Gasteiger partial charge in [0.25, 0.3) is 0 Å². The maximum atomic E-state index is 9.67. The van der Waals surface area contributed by atoms with Gasteiger partial charge in [-0.15, -0.1) is 0 Å². The number of halogens is 1. The second-order valence-corrected chi connectivity index (χ2v) is 3.92. The average Bonchev–Trinajstić information content (AvgIpc) is 2.62. The van der Waals surface area contributed by atoms with E-state index in [1.54, 1.807) is 13.0 Å². The first-order valence-corrected chi connectivity index (χ1v) is 5.31. The Kier molecular flexibility index (Phi) is 2.76. The molecule has 1 unspecified atom stereocenters. The summed E-state index contributed by atoms with van der Waals surface area (Å²) in [4.78, 5) is 0. The van der Waals surface area contributed by atoms with E-state index in [0.717, 1.165) is 23.3 Å². The Bertz CT molecular complexity index is 388. The van der Waals surface area contributed by atoms with Crippen molar-refractivity contribution in [1.82, 2.24) is 0 Å². The van der Waals surface area contributed by atoms with Gasteiger partial charge in [-0.2, -0.15) is 0 Å². The fraction of sp³-hybridized carbons (Fsp3) is 0.455. The molecular weight excluding hydrogens is 216 g/mol. The summed E-state index contributed by atoms with van der Waals surface area (Å²) >= 11 is 6.09. The Balaban J connectivity index is 2.64. The Hall–Kier alpha value is -0.930. The molecule has 1 atom stereocenters. The molecule has 4 heteroatoms. The van der Waals surface area contributed by atoms with Crippen LogP contribution < -0.4 is 9.47 Å². The van der Waals surface area contributed by atoms with Gasteiger partial charge in [0, 0.05) is 17.2 Å². The van der Waals surface area contributed by atoms with Crippen molar-refractivity contribution in [2.75, 3.05) is 6.79 Å². The monoisotopic (exact) mass is 228 g/mol. The van der Waals surface area contributed by atoms with Gasteiger partial charge in [-0.1, -0.05) is 18.5 Å². The Morgan fingerprint density at radius 2 is 2.27 bits per heavy atom. The standard InChI is InChI=1S/C11H13ClO3/c1-3-7-10(6(2)13)8(12)4-9-11(7)15-5-14-9/h4,6,13H,3,5H2,1-2H3. The van der Waals surface area contributed by atoms with Crippen LogP contribution in [0.25, 0.3) is 0 Å². The second kappa shape index (κ2) is 3.91. The number of aliphatic hydroxyl groups is 1. The van der Waals surface area contributed by atoms with Crippen molar-refractivity contribution in [3.63, 3.8) is 0 Å². The van der Waals surface area contributed by atoms with E-state index in [9.17, 15) is 5.11 Å². The van der Waals surface area contributed by atoms with Crippen molar-refractivity contribution in [3.8, 4) is 11.5 Å². The number of benzene rings is 1. The molecule has 2 rings (SSSR count). The molecule has 0 radical (unpaired) electrons. The lowest BCUT2D eigenvalue weighted by molar-refractivity contribution is 0.172. The fourth-order valence-electron chi connectivity index (χ4n) is 1.89. The van der Waals surface area contributed by atoms with Crippen molar-refractivity contribution in [1.29, 1.82) is 0 Å². The van der Waals surface area contributed by atoms with Crippen molar-refractivity contribution in [2.45, 2.75) is 26.4 Å². The third-order valence-corrected chi connectivity index (χ3v) is 2.84. The van der Waals surface area contributed by atoms with Crippen LogP contribution in [0, 0.1) is 0 Å². The van der Waals surface area contributed by atoms with E-state index in [1.165, 1.54) is 0 Å². The minimum atomic E-state index is -0.595. The molecule has 3 nitrogen and oxygen atoms in total. The molecule has 0 spiro atoms. The predicted octanol–water partition coefficient (Wildman–Crippen LogP) is 2.68. The first-order chi connectivity index (χ1) is 7.15. The minimum Gasteiger partial charge on any atom is -0.454 e. The SMILES string of the molecule is CCc1c2c(cc(Cl)c1C(C)O)OCO2. The van der Waals surface area contributed by atoms with Crippen LogP contribution in [0.4, 0.5) is 0 Å². The topological polar surface area (TPSA) is 38.7 Å². The van der Waals surface area contributed by atoms with E-state index in [4.69, 9.17) is 21.1 Å². The second-order valence-electron chi connectivity index (χ2n) is 3.51.